The minimum atomic E-state index is -0.357. The fourth-order valence-corrected chi connectivity index (χ4v) is 1.26. The Morgan fingerprint density at radius 2 is 2.36 bits per heavy atom. The van der Waals surface area contributed by atoms with Crippen LogP contribution in [0.1, 0.15) is 20.8 Å². The molecule has 0 aromatic heterocycles. The van der Waals surface area contributed by atoms with Crippen LogP contribution in [0.2, 0.25) is 0 Å². The summed E-state index contributed by atoms with van der Waals surface area (Å²) in [6.07, 6.45) is -0.661. The standard InChI is InChI=1S/C9H15NO4/c1-6(2)10-4-8(14-9(10)12)5-13-7(3)11/h6,8H,4-5H2,1-3H3/t8-/m1/s1. The maximum atomic E-state index is 11.2. The molecule has 0 saturated carbocycles. The van der Waals surface area contributed by atoms with Gasteiger partial charge in [-0.1, -0.05) is 0 Å². The van der Waals surface area contributed by atoms with Gasteiger partial charge in [-0.2, -0.15) is 0 Å². The second kappa shape index (κ2) is 4.30. The molecule has 1 fully saturated rings. The van der Waals surface area contributed by atoms with Gasteiger partial charge in [0.2, 0.25) is 0 Å². The van der Waals surface area contributed by atoms with E-state index in [1.54, 1.807) is 4.90 Å². The van der Waals surface area contributed by atoms with E-state index in [1.165, 1.54) is 6.92 Å². The third-order valence-corrected chi connectivity index (χ3v) is 2.00. The topological polar surface area (TPSA) is 55.8 Å². The van der Waals surface area contributed by atoms with Crippen molar-refractivity contribution >= 4 is 12.1 Å². The molecule has 80 valence electrons. The molecule has 1 heterocycles. The average Bonchev–Trinajstić information content (AvgIpc) is 2.43. The lowest BCUT2D eigenvalue weighted by Gasteiger charge is -2.16. The van der Waals surface area contributed by atoms with Gasteiger partial charge in [0.15, 0.2) is 6.10 Å². The molecule has 0 spiro atoms. The summed E-state index contributed by atoms with van der Waals surface area (Å²) >= 11 is 0. The van der Waals surface area contributed by atoms with Crippen molar-refractivity contribution in [3.63, 3.8) is 0 Å². The van der Waals surface area contributed by atoms with Crippen molar-refractivity contribution in [3.8, 4) is 0 Å². The molecule has 0 radical (unpaired) electrons. The molecule has 0 aromatic carbocycles. The largest absolute Gasteiger partial charge is 0.462 e. The molecule has 1 aliphatic rings. The number of hydrogen-bond acceptors (Lipinski definition) is 4. The van der Waals surface area contributed by atoms with E-state index in [2.05, 4.69) is 0 Å². The summed E-state index contributed by atoms with van der Waals surface area (Å²) in [7, 11) is 0. The second-order valence-corrected chi connectivity index (χ2v) is 3.55. The molecule has 1 rings (SSSR count). The quantitative estimate of drug-likeness (QED) is 0.633. The van der Waals surface area contributed by atoms with Gasteiger partial charge < -0.3 is 14.4 Å². The lowest BCUT2D eigenvalue weighted by molar-refractivity contribution is -0.143. The van der Waals surface area contributed by atoms with Gasteiger partial charge in [0.25, 0.3) is 0 Å². The van der Waals surface area contributed by atoms with E-state index in [0.717, 1.165) is 0 Å². The van der Waals surface area contributed by atoms with Gasteiger partial charge >= 0.3 is 12.1 Å². The molecule has 1 amide bonds. The second-order valence-electron chi connectivity index (χ2n) is 3.55. The molecule has 1 aliphatic heterocycles. The number of esters is 1. The number of cyclic esters (lactones) is 1. The number of amides is 1. The van der Waals surface area contributed by atoms with Gasteiger partial charge in [0.1, 0.15) is 6.61 Å². The Hall–Kier alpha value is -1.26. The Morgan fingerprint density at radius 3 is 2.79 bits per heavy atom. The van der Waals surface area contributed by atoms with Crippen LogP contribution in [0.15, 0.2) is 0 Å². The molecule has 0 N–H and O–H groups in total. The summed E-state index contributed by atoms with van der Waals surface area (Å²) in [6.45, 7) is 5.79. The lowest BCUT2D eigenvalue weighted by Crippen LogP contribution is -2.32. The Labute approximate surface area is 83.0 Å². The summed E-state index contributed by atoms with van der Waals surface area (Å²) in [5.41, 5.74) is 0. The molecular weight excluding hydrogens is 186 g/mol. The van der Waals surface area contributed by atoms with Crippen LogP contribution in [0.25, 0.3) is 0 Å². The van der Waals surface area contributed by atoms with Crippen LogP contribution >= 0.6 is 0 Å². The first-order valence-corrected chi connectivity index (χ1v) is 4.61. The Bertz CT molecular complexity index is 239. The van der Waals surface area contributed by atoms with E-state index in [1.807, 2.05) is 13.8 Å². The van der Waals surface area contributed by atoms with Crippen LogP contribution in [0.5, 0.6) is 0 Å². The van der Waals surface area contributed by atoms with Crippen LogP contribution < -0.4 is 0 Å². The Morgan fingerprint density at radius 1 is 1.71 bits per heavy atom. The Balaban J connectivity index is 2.39. The number of carbonyl (C=O) groups excluding carboxylic acids is 2. The smallest absolute Gasteiger partial charge is 0.410 e. The molecule has 5 heteroatoms. The van der Waals surface area contributed by atoms with Crippen molar-refractivity contribution < 1.29 is 19.1 Å². The molecular formula is C9H15NO4. The minimum absolute atomic E-state index is 0.116. The first kappa shape index (κ1) is 10.8. The van der Waals surface area contributed by atoms with Crippen molar-refractivity contribution in [1.82, 2.24) is 4.90 Å². The predicted molar refractivity (Wildman–Crippen MR) is 48.7 cm³/mol. The zero-order chi connectivity index (χ0) is 10.7. The maximum Gasteiger partial charge on any atom is 0.410 e. The summed E-state index contributed by atoms with van der Waals surface area (Å²) in [5, 5.41) is 0. The average molecular weight is 201 g/mol. The molecule has 14 heavy (non-hydrogen) atoms. The normalized spacial score (nSPS) is 21.3. The molecule has 0 unspecified atom stereocenters. The lowest BCUT2D eigenvalue weighted by atomic mass is 10.3. The summed E-state index contributed by atoms with van der Waals surface area (Å²) in [4.78, 5) is 23.4. The highest BCUT2D eigenvalue weighted by Crippen LogP contribution is 2.14. The van der Waals surface area contributed by atoms with Crippen molar-refractivity contribution in [2.24, 2.45) is 0 Å². The van der Waals surface area contributed by atoms with Crippen LogP contribution in [-0.2, 0) is 14.3 Å². The third kappa shape index (κ3) is 2.61. The SMILES string of the molecule is CC(=O)OC[C@H]1CN(C(C)C)C(=O)O1. The fourth-order valence-electron chi connectivity index (χ4n) is 1.26. The van der Waals surface area contributed by atoms with E-state index in [9.17, 15) is 9.59 Å². The van der Waals surface area contributed by atoms with Crippen molar-refractivity contribution in [3.05, 3.63) is 0 Å². The summed E-state index contributed by atoms with van der Waals surface area (Å²) in [6, 6.07) is 0.116. The molecule has 1 atom stereocenters. The first-order valence-electron chi connectivity index (χ1n) is 4.61. The molecule has 0 aromatic rings. The van der Waals surface area contributed by atoms with Gasteiger partial charge in [-0.3, -0.25) is 4.79 Å². The summed E-state index contributed by atoms with van der Waals surface area (Å²) < 4.78 is 9.75. The zero-order valence-electron chi connectivity index (χ0n) is 8.65. The van der Waals surface area contributed by atoms with E-state index < -0.39 is 0 Å². The van der Waals surface area contributed by atoms with Crippen LogP contribution in [0.4, 0.5) is 4.79 Å². The molecule has 0 aliphatic carbocycles. The fraction of sp³-hybridized carbons (Fsp3) is 0.778. The highest BCUT2D eigenvalue weighted by molar-refractivity contribution is 5.70. The summed E-state index contributed by atoms with van der Waals surface area (Å²) in [5.74, 6) is -0.357. The van der Waals surface area contributed by atoms with Gasteiger partial charge in [-0.05, 0) is 13.8 Å². The highest BCUT2D eigenvalue weighted by Gasteiger charge is 2.33. The van der Waals surface area contributed by atoms with E-state index >= 15 is 0 Å². The monoisotopic (exact) mass is 201 g/mol. The van der Waals surface area contributed by atoms with Gasteiger partial charge in [0.05, 0.1) is 6.54 Å². The molecule has 1 saturated heterocycles. The Kier molecular flexibility index (Phi) is 3.33. The van der Waals surface area contributed by atoms with Gasteiger partial charge in [-0.15, -0.1) is 0 Å². The first-order chi connectivity index (χ1) is 6.50. The zero-order valence-corrected chi connectivity index (χ0v) is 8.65. The van der Waals surface area contributed by atoms with E-state index in [-0.39, 0.29) is 30.8 Å². The number of carbonyl (C=O) groups is 2. The molecule has 0 bridgehead atoms. The van der Waals surface area contributed by atoms with E-state index in [0.29, 0.717) is 6.54 Å². The number of rotatable bonds is 3. The van der Waals surface area contributed by atoms with Crippen LogP contribution in [0.3, 0.4) is 0 Å². The number of hydrogen-bond donors (Lipinski definition) is 0. The van der Waals surface area contributed by atoms with Crippen molar-refractivity contribution in [2.75, 3.05) is 13.2 Å². The van der Waals surface area contributed by atoms with Crippen LogP contribution in [0, 0.1) is 0 Å². The predicted octanol–water partition coefficient (Wildman–Crippen LogP) is 0.779. The minimum Gasteiger partial charge on any atom is -0.462 e. The van der Waals surface area contributed by atoms with Crippen molar-refractivity contribution in [1.29, 1.82) is 0 Å². The maximum absolute atomic E-state index is 11.2. The highest BCUT2D eigenvalue weighted by atomic mass is 16.6. The van der Waals surface area contributed by atoms with Crippen molar-refractivity contribution in [2.45, 2.75) is 32.9 Å². The number of nitrogens with zero attached hydrogens (tertiary/aromatic N) is 1. The third-order valence-electron chi connectivity index (χ3n) is 2.00. The van der Waals surface area contributed by atoms with E-state index in [4.69, 9.17) is 9.47 Å². The van der Waals surface area contributed by atoms with Gasteiger partial charge in [0, 0.05) is 13.0 Å². The van der Waals surface area contributed by atoms with Gasteiger partial charge in [-0.25, -0.2) is 4.79 Å². The number of ether oxygens (including phenoxy) is 2. The van der Waals surface area contributed by atoms with Crippen LogP contribution in [-0.4, -0.2) is 42.3 Å². The molecule has 5 nitrogen and oxygen atoms in total.